The van der Waals surface area contributed by atoms with Gasteiger partial charge in [-0.05, 0) is 68.3 Å². The molecular formula is C24H25Cl2N3O3. The Morgan fingerprint density at radius 2 is 1.75 bits per heavy atom. The van der Waals surface area contributed by atoms with Crippen LogP contribution in [0.1, 0.15) is 48.5 Å². The zero-order chi connectivity index (χ0) is 23.4. The predicted molar refractivity (Wildman–Crippen MR) is 127 cm³/mol. The van der Waals surface area contributed by atoms with Gasteiger partial charge in [-0.1, -0.05) is 37.0 Å². The fraction of sp³-hybridized carbons (Fsp3) is 0.292. The Morgan fingerprint density at radius 3 is 2.34 bits per heavy atom. The molecule has 1 unspecified atom stereocenters. The second-order valence-electron chi connectivity index (χ2n) is 7.72. The molecule has 3 aromatic rings. The maximum absolute atomic E-state index is 12.5. The molecule has 0 saturated heterocycles. The Labute approximate surface area is 197 Å². The van der Waals surface area contributed by atoms with E-state index in [1.54, 1.807) is 60.1 Å². The second-order valence-corrected chi connectivity index (χ2v) is 8.57. The zero-order valence-electron chi connectivity index (χ0n) is 18.4. The van der Waals surface area contributed by atoms with Crippen LogP contribution in [0.25, 0.3) is 16.9 Å². The number of hydrogen-bond donors (Lipinski definition) is 1. The lowest BCUT2D eigenvalue weighted by molar-refractivity contribution is 0.0518. The van der Waals surface area contributed by atoms with Crippen LogP contribution in [0.5, 0.6) is 0 Å². The topological polar surface area (TPSA) is 73.2 Å². The van der Waals surface area contributed by atoms with Crippen LogP contribution in [-0.2, 0) is 4.74 Å². The Morgan fingerprint density at radius 1 is 1.06 bits per heavy atom. The summed E-state index contributed by atoms with van der Waals surface area (Å²) in [6.07, 6.45) is 0. The lowest BCUT2D eigenvalue weighted by atomic mass is 10.1. The highest BCUT2D eigenvalue weighted by atomic mass is 35.5. The number of esters is 1. The summed E-state index contributed by atoms with van der Waals surface area (Å²) in [6, 6.07) is 13.8. The molecule has 1 aromatic heterocycles. The summed E-state index contributed by atoms with van der Waals surface area (Å²) in [5.74, 6) is -0.349. The highest BCUT2D eigenvalue weighted by Crippen LogP contribution is 2.32. The Hall–Kier alpha value is -2.83. The quantitative estimate of drug-likeness (QED) is 0.440. The SMILES string of the molecule is CCOC(=O)c1cc(-c2ccc(Cl)cc2Cl)n(-c2ccc(C(=O)NC(C)C(C)C)cc2)n1. The smallest absolute Gasteiger partial charge is 0.358 e. The van der Waals surface area contributed by atoms with Crippen molar-refractivity contribution in [1.29, 1.82) is 0 Å². The first-order valence-electron chi connectivity index (χ1n) is 10.3. The van der Waals surface area contributed by atoms with Crippen LogP contribution in [0, 0.1) is 5.92 Å². The van der Waals surface area contributed by atoms with E-state index in [1.165, 1.54) is 0 Å². The van der Waals surface area contributed by atoms with Gasteiger partial charge in [-0.2, -0.15) is 5.10 Å². The summed E-state index contributed by atoms with van der Waals surface area (Å²) < 4.78 is 6.70. The first-order chi connectivity index (χ1) is 15.2. The molecule has 0 aliphatic rings. The van der Waals surface area contributed by atoms with Crippen molar-refractivity contribution < 1.29 is 14.3 Å². The molecule has 0 spiro atoms. The third kappa shape index (κ3) is 5.31. The molecule has 3 rings (SSSR count). The number of carbonyl (C=O) groups is 2. The van der Waals surface area contributed by atoms with Crippen molar-refractivity contribution in [2.24, 2.45) is 5.92 Å². The van der Waals surface area contributed by atoms with Crippen molar-refractivity contribution in [1.82, 2.24) is 15.1 Å². The Kier molecular flexibility index (Phi) is 7.59. The average Bonchev–Trinajstić information content (AvgIpc) is 3.19. The van der Waals surface area contributed by atoms with Gasteiger partial charge in [0.15, 0.2) is 5.69 Å². The number of nitrogens with one attached hydrogen (secondary N) is 1. The van der Waals surface area contributed by atoms with Gasteiger partial charge in [-0.25, -0.2) is 9.48 Å². The van der Waals surface area contributed by atoms with Crippen molar-refractivity contribution in [3.05, 3.63) is 69.8 Å². The van der Waals surface area contributed by atoms with Crippen LogP contribution in [0.15, 0.2) is 48.5 Å². The molecule has 32 heavy (non-hydrogen) atoms. The predicted octanol–water partition coefficient (Wildman–Crippen LogP) is 5.80. The number of nitrogens with zero attached hydrogens (tertiary/aromatic N) is 2. The molecule has 1 N–H and O–H groups in total. The molecule has 6 nitrogen and oxygen atoms in total. The molecule has 1 atom stereocenters. The lowest BCUT2D eigenvalue weighted by Gasteiger charge is -2.17. The fourth-order valence-corrected chi connectivity index (χ4v) is 3.49. The van der Waals surface area contributed by atoms with E-state index in [2.05, 4.69) is 24.3 Å². The van der Waals surface area contributed by atoms with Gasteiger partial charge < -0.3 is 10.1 Å². The van der Waals surface area contributed by atoms with Crippen molar-refractivity contribution in [3.8, 4) is 16.9 Å². The van der Waals surface area contributed by atoms with Crippen LogP contribution in [0.4, 0.5) is 0 Å². The van der Waals surface area contributed by atoms with E-state index in [1.807, 2.05) is 6.92 Å². The number of amides is 1. The molecule has 0 aliphatic heterocycles. The van der Waals surface area contributed by atoms with Crippen molar-refractivity contribution in [2.75, 3.05) is 6.61 Å². The van der Waals surface area contributed by atoms with Gasteiger partial charge in [-0.15, -0.1) is 0 Å². The van der Waals surface area contributed by atoms with Crippen LogP contribution < -0.4 is 5.32 Å². The van der Waals surface area contributed by atoms with Crippen LogP contribution in [0.2, 0.25) is 10.0 Å². The number of carbonyl (C=O) groups excluding carboxylic acids is 2. The largest absolute Gasteiger partial charge is 0.461 e. The summed E-state index contributed by atoms with van der Waals surface area (Å²) >= 11 is 12.5. The normalized spacial score (nSPS) is 12.0. The van der Waals surface area contributed by atoms with Gasteiger partial charge in [-0.3, -0.25) is 4.79 Å². The standard InChI is InChI=1S/C24H25Cl2N3O3/c1-5-32-24(31)21-13-22(19-11-8-17(25)12-20(19)26)29(28-21)18-9-6-16(7-10-18)23(30)27-15(4)14(2)3/h6-15H,5H2,1-4H3,(H,27,30). The van der Waals surface area contributed by atoms with Crippen LogP contribution in [0.3, 0.4) is 0 Å². The molecule has 168 valence electrons. The molecule has 1 heterocycles. The molecule has 0 radical (unpaired) electrons. The molecule has 0 aliphatic carbocycles. The van der Waals surface area contributed by atoms with Gasteiger partial charge in [0, 0.05) is 22.2 Å². The van der Waals surface area contributed by atoms with E-state index in [4.69, 9.17) is 27.9 Å². The minimum atomic E-state index is -0.531. The van der Waals surface area contributed by atoms with E-state index in [0.29, 0.717) is 38.5 Å². The first-order valence-corrected chi connectivity index (χ1v) is 11.1. The number of aromatic nitrogens is 2. The van der Waals surface area contributed by atoms with E-state index in [9.17, 15) is 9.59 Å². The summed E-state index contributed by atoms with van der Waals surface area (Å²) in [5.41, 5.74) is 2.60. The zero-order valence-corrected chi connectivity index (χ0v) is 19.9. The minimum Gasteiger partial charge on any atom is -0.461 e. The third-order valence-electron chi connectivity index (χ3n) is 5.13. The minimum absolute atomic E-state index is 0.0547. The lowest BCUT2D eigenvalue weighted by Crippen LogP contribution is -2.36. The third-order valence-corrected chi connectivity index (χ3v) is 5.68. The van der Waals surface area contributed by atoms with Gasteiger partial charge in [0.25, 0.3) is 5.91 Å². The fourth-order valence-electron chi connectivity index (χ4n) is 2.98. The van der Waals surface area contributed by atoms with Crippen molar-refractivity contribution in [2.45, 2.75) is 33.7 Å². The number of hydrogen-bond acceptors (Lipinski definition) is 4. The van der Waals surface area contributed by atoms with Gasteiger partial charge in [0.05, 0.1) is 23.0 Å². The number of rotatable bonds is 7. The molecule has 8 heteroatoms. The Balaban J connectivity index is 2.00. The van der Waals surface area contributed by atoms with Gasteiger partial charge in [0.2, 0.25) is 0 Å². The number of halogens is 2. The summed E-state index contributed by atoms with van der Waals surface area (Å²) in [4.78, 5) is 24.8. The number of ether oxygens (including phenoxy) is 1. The van der Waals surface area contributed by atoms with E-state index >= 15 is 0 Å². The highest BCUT2D eigenvalue weighted by molar-refractivity contribution is 6.36. The maximum Gasteiger partial charge on any atom is 0.358 e. The van der Waals surface area contributed by atoms with Gasteiger partial charge in [0.1, 0.15) is 0 Å². The molecule has 0 bridgehead atoms. The number of benzene rings is 2. The summed E-state index contributed by atoms with van der Waals surface area (Å²) in [5, 5.41) is 8.35. The maximum atomic E-state index is 12.5. The van der Waals surface area contributed by atoms with Crippen LogP contribution >= 0.6 is 23.2 Å². The van der Waals surface area contributed by atoms with Gasteiger partial charge >= 0.3 is 5.97 Å². The molecule has 0 fully saturated rings. The first kappa shape index (κ1) is 23.8. The Bertz CT molecular complexity index is 1120. The second kappa shape index (κ2) is 10.2. The average molecular weight is 474 g/mol. The van der Waals surface area contributed by atoms with E-state index in [0.717, 1.165) is 0 Å². The summed E-state index contributed by atoms with van der Waals surface area (Å²) in [6.45, 7) is 8.05. The van der Waals surface area contributed by atoms with E-state index < -0.39 is 5.97 Å². The molecule has 0 saturated carbocycles. The van der Waals surface area contributed by atoms with Crippen molar-refractivity contribution >= 4 is 35.1 Å². The molecule has 2 aromatic carbocycles. The highest BCUT2D eigenvalue weighted by Gasteiger charge is 2.20. The van der Waals surface area contributed by atoms with Crippen molar-refractivity contribution in [3.63, 3.8) is 0 Å². The molecular weight excluding hydrogens is 449 g/mol. The summed E-state index contributed by atoms with van der Waals surface area (Å²) in [7, 11) is 0. The van der Waals surface area contributed by atoms with Crippen LogP contribution in [-0.4, -0.2) is 34.3 Å². The van der Waals surface area contributed by atoms with E-state index in [-0.39, 0.29) is 24.2 Å². The monoisotopic (exact) mass is 473 g/mol. The molecule has 1 amide bonds.